The smallest absolute Gasteiger partial charge is 0.231 e. The second-order valence-electron chi connectivity index (χ2n) is 4.91. The zero-order valence-electron chi connectivity index (χ0n) is 11.4. The number of ether oxygens (including phenoxy) is 2. The maximum Gasteiger partial charge on any atom is 0.231 e. The molecule has 1 aromatic heterocycles. The topological polar surface area (TPSA) is 30.5 Å². The number of hydrogen-bond donors (Lipinski definition) is 1. The summed E-state index contributed by atoms with van der Waals surface area (Å²) in [6.45, 7) is 4.59. The quantitative estimate of drug-likeness (QED) is 0.899. The van der Waals surface area contributed by atoms with Gasteiger partial charge in [-0.3, -0.25) is 0 Å². The summed E-state index contributed by atoms with van der Waals surface area (Å²) in [4.78, 5) is 0. The summed E-state index contributed by atoms with van der Waals surface area (Å²) in [5, 5.41) is 5.66. The summed E-state index contributed by atoms with van der Waals surface area (Å²) in [6, 6.07) is 8.54. The average molecular weight is 310 g/mol. The van der Waals surface area contributed by atoms with Crippen molar-refractivity contribution in [3.05, 3.63) is 45.1 Å². The van der Waals surface area contributed by atoms with Gasteiger partial charge in [0.25, 0.3) is 0 Å². The Morgan fingerprint density at radius 2 is 1.85 bits per heavy atom. The molecule has 1 aliphatic heterocycles. The average Bonchev–Trinajstić information content (AvgIpc) is 3.05. The molecule has 0 saturated heterocycles. The molecular weight excluding hydrogens is 294 g/mol. The van der Waals surface area contributed by atoms with Gasteiger partial charge in [-0.2, -0.15) is 0 Å². The molecule has 0 fully saturated rings. The largest absolute Gasteiger partial charge is 0.454 e. The van der Waals surface area contributed by atoms with Crippen LogP contribution in [0.4, 0.5) is 0 Å². The fraction of sp³-hybridized carbons (Fsp3) is 0.333. The third kappa shape index (κ3) is 2.77. The number of nitrogens with one attached hydrogen (secondary N) is 1. The Morgan fingerprint density at radius 1 is 1.10 bits per heavy atom. The van der Waals surface area contributed by atoms with E-state index >= 15 is 0 Å². The molecule has 2 unspecified atom stereocenters. The molecule has 2 atom stereocenters. The van der Waals surface area contributed by atoms with Gasteiger partial charge in [-0.25, -0.2) is 0 Å². The molecule has 5 heteroatoms. The maximum absolute atomic E-state index is 5.98. The molecule has 0 saturated carbocycles. The van der Waals surface area contributed by atoms with Gasteiger partial charge in [-0.1, -0.05) is 17.7 Å². The Morgan fingerprint density at radius 3 is 2.60 bits per heavy atom. The predicted octanol–water partition coefficient (Wildman–Crippen LogP) is 4.54. The van der Waals surface area contributed by atoms with E-state index in [1.165, 1.54) is 11.1 Å². The van der Waals surface area contributed by atoms with Gasteiger partial charge in [-0.05, 0) is 48.6 Å². The fourth-order valence-electron chi connectivity index (χ4n) is 2.30. The van der Waals surface area contributed by atoms with E-state index in [0.717, 1.165) is 15.8 Å². The van der Waals surface area contributed by atoms with Crippen molar-refractivity contribution in [2.45, 2.75) is 25.9 Å². The number of hydrogen-bond acceptors (Lipinski definition) is 4. The highest BCUT2D eigenvalue weighted by atomic mass is 35.5. The van der Waals surface area contributed by atoms with Crippen LogP contribution >= 0.6 is 22.9 Å². The minimum absolute atomic E-state index is 0.221. The molecule has 2 aromatic rings. The molecule has 0 aliphatic carbocycles. The van der Waals surface area contributed by atoms with Gasteiger partial charge < -0.3 is 14.8 Å². The van der Waals surface area contributed by atoms with Crippen molar-refractivity contribution in [3.8, 4) is 11.5 Å². The van der Waals surface area contributed by atoms with Gasteiger partial charge >= 0.3 is 0 Å². The van der Waals surface area contributed by atoms with Crippen LogP contribution < -0.4 is 14.8 Å². The molecule has 0 radical (unpaired) electrons. The van der Waals surface area contributed by atoms with Crippen LogP contribution in [0.1, 0.15) is 37.1 Å². The number of fused-ring (bicyclic) bond motifs is 1. The normalized spacial score (nSPS) is 16.1. The molecule has 0 spiro atoms. The Labute approximate surface area is 127 Å². The van der Waals surface area contributed by atoms with Crippen LogP contribution in [-0.4, -0.2) is 6.79 Å². The number of benzene rings is 1. The summed E-state index contributed by atoms with van der Waals surface area (Å²) in [5.41, 5.74) is 2.40. The summed E-state index contributed by atoms with van der Waals surface area (Å²) in [5.74, 6) is 1.64. The van der Waals surface area contributed by atoms with E-state index < -0.39 is 0 Å². The van der Waals surface area contributed by atoms with E-state index in [4.69, 9.17) is 21.1 Å². The molecule has 1 aromatic carbocycles. The van der Waals surface area contributed by atoms with Gasteiger partial charge in [0.05, 0.1) is 4.34 Å². The number of halogens is 1. The zero-order valence-corrected chi connectivity index (χ0v) is 12.9. The first-order valence-electron chi connectivity index (χ1n) is 6.53. The van der Waals surface area contributed by atoms with Crippen LogP contribution in [0.2, 0.25) is 4.34 Å². The Bertz CT molecular complexity index is 614. The van der Waals surface area contributed by atoms with E-state index in [1.807, 2.05) is 18.2 Å². The van der Waals surface area contributed by atoms with Gasteiger partial charge in [-0.15, -0.1) is 11.3 Å². The third-order valence-corrected chi connectivity index (χ3v) is 4.59. The maximum atomic E-state index is 5.98. The minimum atomic E-state index is 0.221. The first-order valence-corrected chi connectivity index (χ1v) is 7.79. The van der Waals surface area contributed by atoms with Gasteiger partial charge in [0, 0.05) is 12.1 Å². The standard InChI is InChI=1S/C15H16ClNO2S/c1-9(17-10(2)12-6-15(16)20-7-12)11-3-4-13-14(5-11)19-8-18-13/h3-7,9-10,17H,8H2,1-2H3. The monoisotopic (exact) mass is 309 g/mol. The molecule has 1 aliphatic rings. The number of rotatable bonds is 4. The van der Waals surface area contributed by atoms with Crippen molar-refractivity contribution in [1.29, 1.82) is 0 Å². The van der Waals surface area contributed by atoms with E-state index in [9.17, 15) is 0 Å². The van der Waals surface area contributed by atoms with E-state index in [2.05, 4.69) is 30.6 Å². The van der Waals surface area contributed by atoms with Crippen molar-refractivity contribution in [1.82, 2.24) is 5.32 Å². The molecule has 0 amide bonds. The van der Waals surface area contributed by atoms with Crippen molar-refractivity contribution >= 4 is 22.9 Å². The zero-order chi connectivity index (χ0) is 14.1. The Balaban J connectivity index is 1.71. The van der Waals surface area contributed by atoms with Crippen LogP contribution in [-0.2, 0) is 0 Å². The SMILES string of the molecule is CC(NC(C)c1ccc2c(c1)OCO2)c1csc(Cl)c1. The van der Waals surface area contributed by atoms with Gasteiger partial charge in [0.15, 0.2) is 11.5 Å². The second-order valence-corrected chi connectivity index (χ2v) is 6.45. The molecular formula is C15H16ClNO2S. The lowest BCUT2D eigenvalue weighted by Gasteiger charge is -2.20. The molecule has 2 heterocycles. The molecule has 0 bridgehead atoms. The second kappa shape index (κ2) is 5.64. The fourth-order valence-corrected chi connectivity index (χ4v) is 3.28. The Kier molecular flexibility index (Phi) is 3.87. The summed E-state index contributed by atoms with van der Waals surface area (Å²) >= 11 is 7.54. The molecule has 20 heavy (non-hydrogen) atoms. The highest BCUT2D eigenvalue weighted by Gasteiger charge is 2.17. The molecule has 3 nitrogen and oxygen atoms in total. The lowest BCUT2D eigenvalue weighted by atomic mass is 10.1. The van der Waals surface area contributed by atoms with E-state index in [0.29, 0.717) is 6.79 Å². The van der Waals surface area contributed by atoms with Crippen LogP contribution in [0, 0.1) is 0 Å². The van der Waals surface area contributed by atoms with Crippen LogP contribution in [0.15, 0.2) is 29.6 Å². The number of thiophene rings is 1. The highest BCUT2D eigenvalue weighted by Crippen LogP contribution is 2.34. The predicted molar refractivity (Wildman–Crippen MR) is 81.9 cm³/mol. The van der Waals surface area contributed by atoms with E-state index in [1.54, 1.807) is 11.3 Å². The van der Waals surface area contributed by atoms with Crippen molar-refractivity contribution in [2.24, 2.45) is 0 Å². The molecule has 3 rings (SSSR count). The third-order valence-electron chi connectivity index (χ3n) is 3.48. The van der Waals surface area contributed by atoms with Crippen molar-refractivity contribution in [3.63, 3.8) is 0 Å². The lowest BCUT2D eigenvalue weighted by molar-refractivity contribution is 0.174. The lowest BCUT2D eigenvalue weighted by Crippen LogP contribution is -2.22. The summed E-state index contributed by atoms with van der Waals surface area (Å²) in [7, 11) is 0. The summed E-state index contributed by atoms with van der Waals surface area (Å²) < 4.78 is 11.6. The van der Waals surface area contributed by atoms with Gasteiger partial charge in [0.2, 0.25) is 6.79 Å². The molecule has 1 N–H and O–H groups in total. The highest BCUT2D eigenvalue weighted by molar-refractivity contribution is 7.14. The van der Waals surface area contributed by atoms with Crippen molar-refractivity contribution in [2.75, 3.05) is 6.79 Å². The first kappa shape index (κ1) is 13.7. The van der Waals surface area contributed by atoms with Crippen LogP contribution in [0.5, 0.6) is 11.5 Å². The van der Waals surface area contributed by atoms with Gasteiger partial charge in [0.1, 0.15) is 0 Å². The van der Waals surface area contributed by atoms with E-state index in [-0.39, 0.29) is 12.1 Å². The minimum Gasteiger partial charge on any atom is -0.454 e. The Hall–Kier alpha value is -1.23. The van der Waals surface area contributed by atoms with Crippen LogP contribution in [0.25, 0.3) is 0 Å². The van der Waals surface area contributed by atoms with Crippen molar-refractivity contribution < 1.29 is 9.47 Å². The van der Waals surface area contributed by atoms with Crippen LogP contribution in [0.3, 0.4) is 0 Å². The first-order chi connectivity index (χ1) is 9.63. The molecule has 106 valence electrons. The summed E-state index contributed by atoms with van der Waals surface area (Å²) in [6.07, 6.45) is 0.